The maximum atomic E-state index is 13.6. The van der Waals surface area contributed by atoms with Gasteiger partial charge in [0.05, 0.1) is 18.9 Å². The van der Waals surface area contributed by atoms with Crippen molar-refractivity contribution in [2.24, 2.45) is 7.05 Å². The fourth-order valence-corrected chi connectivity index (χ4v) is 4.01. The van der Waals surface area contributed by atoms with Gasteiger partial charge in [0.25, 0.3) is 17.4 Å². The van der Waals surface area contributed by atoms with E-state index in [0.717, 1.165) is 24.1 Å². The molecule has 0 radical (unpaired) electrons. The van der Waals surface area contributed by atoms with Crippen LogP contribution < -0.4 is 15.8 Å². The maximum Gasteiger partial charge on any atom is 0.290 e. The van der Waals surface area contributed by atoms with E-state index in [9.17, 15) is 18.4 Å². The van der Waals surface area contributed by atoms with Crippen LogP contribution in [0.25, 0.3) is 11.3 Å². The van der Waals surface area contributed by atoms with Gasteiger partial charge in [-0.2, -0.15) is 13.9 Å². The highest BCUT2D eigenvalue weighted by molar-refractivity contribution is 6.04. The van der Waals surface area contributed by atoms with Crippen molar-refractivity contribution < 1.29 is 18.3 Å². The zero-order valence-corrected chi connectivity index (χ0v) is 20.0. The molecule has 0 unspecified atom stereocenters. The number of aromatic nitrogens is 3. The molecule has 4 rings (SSSR count). The molecule has 1 atom stereocenters. The van der Waals surface area contributed by atoms with Crippen LogP contribution in [0.3, 0.4) is 0 Å². The van der Waals surface area contributed by atoms with Crippen molar-refractivity contribution >= 4 is 17.3 Å². The average molecular weight is 484 g/mol. The predicted octanol–water partition coefficient (Wildman–Crippen LogP) is 3.74. The molecule has 3 heterocycles. The number of ether oxygens (including phenoxy) is 1. The summed E-state index contributed by atoms with van der Waals surface area (Å²) < 4.78 is 34.1. The van der Waals surface area contributed by atoms with E-state index in [4.69, 9.17) is 4.74 Å². The minimum atomic E-state index is -3.15. The summed E-state index contributed by atoms with van der Waals surface area (Å²) in [5.41, 5.74) is 2.60. The Bertz CT molecular complexity index is 1320. The number of nitrogens with one attached hydrogen (secondary N) is 1. The third kappa shape index (κ3) is 5.22. The van der Waals surface area contributed by atoms with E-state index in [1.54, 1.807) is 25.2 Å². The molecule has 184 valence electrons. The van der Waals surface area contributed by atoms with Crippen LogP contribution in [0.15, 0.2) is 47.4 Å². The van der Waals surface area contributed by atoms with E-state index in [2.05, 4.69) is 15.4 Å². The van der Waals surface area contributed by atoms with Gasteiger partial charge in [0, 0.05) is 49.6 Å². The molecule has 3 aromatic rings. The smallest absolute Gasteiger partial charge is 0.290 e. The summed E-state index contributed by atoms with van der Waals surface area (Å²) in [5, 5.41) is 7.19. The van der Waals surface area contributed by atoms with Crippen LogP contribution >= 0.6 is 0 Å². The molecule has 1 aliphatic heterocycles. The summed E-state index contributed by atoms with van der Waals surface area (Å²) in [6, 6.07) is 9.56. The van der Waals surface area contributed by atoms with E-state index in [1.807, 2.05) is 24.8 Å². The minimum Gasteiger partial charge on any atom is -0.377 e. The Hall–Kier alpha value is -3.66. The molecule has 2 aromatic heterocycles. The Morgan fingerprint density at radius 2 is 2.00 bits per heavy atom. The van der Waals surface area contributed by atoms with Crippen LogP contribution in [0, 0.1) is 6.92 Å². The number of alkyl halides is 2. The number of carbonyl (C=O) groups is 1. The molecule has 1 aromatic carbocycles. The molecule has 1 saturated heterocycles. The van der Waals surface area contributed by atoms with Gasteiger partial charge in [-0.1, -0.05) is 6.07 Å². The lowest BCUT2D eigenvalue weighted by atomic mass is 10.0. The van der Waals surface area contributed by atoms with Gasteiger partial charge in [0.2, 0.25) is 0 Å². The van der Waals surface area contributed by atoms with Crippen molar-refractivity contribution in [2.45, 2.75) is 32.7 Å². The summed E-state index contributed by atoms with van der Waals surface area (Å²) in [5.74, 6) is -3.69. The molecule has 10 heteroatoms. The lowest BCUT2D eigenvalue weighted by Crippen LogP contribution is -2.46. The second-order valence-corrected chi connectivity index (χ2v) is 8.76. The van der Waals surface area contributed by atoms with Crippen molar-refractivity contribution in [1.82, 2.24) is 14.8 Å². The number of nitrogens with zero attached hydrogens (tertiary/aromatic N) is 4. The Kier molecular flexibility index (Phi) is 6.66. The Balaban J connectivity index is 1.66. The van der Waals surface area contributed by atoms with Crippen molar-refractivity contribution in [1.29, 1.82) is 0 Å². The number of rotatable bonds is 5. The second-order valence-electron chi connectivity index (χ2n) is 8.76. The van der Waals surface area contributed by atoms with Crippen LogP contribution in [-0.4, -0.2) is 46.5 Å². The molecular weight excluding hydrogens is 456 g/mol. The number of benzene rings is 1. The van der Waals surface area contributed by atoms with Gasteiger partial charge in [-0.05, 0) is 49.7 Å². The van der Waals surface area contributed by atoms with Gasteiger partial charge in [0.15, 0.2) is 0 Å². The molecule has 1 amide bonds. The first-order chi connectivity index (χ1) is 16.5. The van der Waals surface area contributed by atoms with Crippen LogP contribution in [0.2, 0.25) is 0 Å². The zero-order chi connectivity index (χ0) is 25.3. The third-order valence-corrected chi connectivity index (χ3v) is 5.96. The van der Waals surface area contributed by atoms with Crippen molar-refractivity contribution in [2.75, 3.05) is 30.0 Å². The highest BCUT2D eigenvalue weighted by Gasteiger charge is 2.27. The topological polar surface area (TPSA) is 89.4 Å². The van der Waals surface area contributed by atoms with Gasteiger partial charge in [-0.3, -0.25) is 14.6 Å². The highest BCUT2D eigenvalue weighted by atomic mass is 19.3. The third-order valence-electron chi connectivity index (χ3n) is 5.96. The molecule has 1 aliphatic rings. The minimum absolute atomic E-state index is 0.0409. The fourth-order valence-electron chi connectivity index (χ4n) is 4.01. The Labute approximate surface area is 201 Å². The van der Waals surface area contributed by atoms with Gasteiger partial charge in [-0.25, -0.2) is 4.68 Å². The molecule has 8 nitrogen and oxygen atoms in total. The number of aryl methyl sites for hydroxylation is 2. The van der Waals surface area contributed by atoms with Crippen molar-refractivity contribution in [3.63, 3.8) is 0 Å². The first-order valence-electron chi connectivity index (χ1n) is 11.2. The largest absolute Gasteiger partial charge is 0.377 e. The first-order valence-corrected chi connectivity index (χ1v) is 11.2. The van der Waals surface area contributed by atoms with Gasteiger partial charge in [-0.15, -0.1) is 0 Å². The SMILES string of the molecule is Cc1ccc(NC(=O)c2ccnc(C(C)(F)F)c2)cc1-c1cc(N2CCOC[C@@H]2C)c(=O)n(C)n1. The summed E-state index contributed by atoms with van der Waals surface area (Å²) in [6.45, 7) is 6.30. The first kappa shape index (κ1) is 24.5. The molecule has 0 saturated carbocycles. The van der Waals surface area contributed by atoms with E-state index < -0.39 is 17.5 Å². The average Bonchev–Trinajstić information content (AvgIpc) is 2.82. The van der Waals surface area contributed by atoms with Gasteiger partial charge >= 0.3 is 0 Å². The monoisotopic (exact) mass is 483 g/mol. The lowest BCUT2D eigenvalue weighted by molar-refractivity contribution is 0.0127. The lowest BCUT2D eigenvalue weighted by Gasteiger charge is -2.34. The van der Waals surface area contributed by atoms with E-state index in [-0.39, 0.29) is 17.2 Å². The maximum absolute atomic E-state index is 13.6. The van der Waals surface area contributed by atoms with Crippen LogP contribution in [0.5, 0.6) is 0 Å². The summed E-state index contributed by atoms with van der Waals surface area (Å²) in [7, 11) is 1.60. The Morgan fingerprint density at radius 1 is 1.23 bits per heavy atom. The van der Waals surface area contributed by atoms with Crippen molar-refractivity contribution in [3.8, 4) is 11.3 Å². The van der Waals surface area contributed by atoms with E-state index >= 15 is 0 Å². The van der Waals surface area contributed by atoms with E-state index in [1.165, 1.54) is 16.9 Å². The fraction of sp³-hybridized carbons (Fsp3) is 0.360. The van der Waals surface area contributed by atoms with Crippen LogP contribution in [-0.2, 0) is 17.7 Å². The van der Waals surface area contributed by atoms with Gasteiger partial charge in [0.1, 0.15) is 11.4 Å². The number of pyridine rings is 1. The summed E-state index contributed by atoms with van der Waals surface area (Å²) in [4.78, 5) is 31.3. The quantitative estimate of drug-likeness (QED) is 0.595. The standard InChI is InChI=1S/C25H27F2N5O3/c1-15-5-6-18(29-23(33)17-7-8-28-22(11-17)25(3,26)27)12-19(15)20-13-21(24(34)31(4)30-20)32-9-10-35-14-16(32)2/h5-8,11-13,16H,9-10,14H2,1-4H3,(H,29,33)/t16-/m0/s1. The molecule has 0 bridgehead atoms. The molecule has 1 N–H and O–H groups in total. The van der Waals surface area contributed by atoms with Crippen LogP contribution in [0.1, 0.15) is 35.5 Å². The van der Waals surface area contributed by atoms with Crippen LogP contribution in [0.4, 0.5) is 20.2 Å². The molecule has 0 aliphatic carbocycles. The molecule has 0 spiro atoms. The number of halogens is 2. The molecule has 35 heavy (non-hydrogen) atoms. The predicted molar refractivity (Wildman–Crippen MR) is 129 cm³/mol. The molecule has 1 fully saturated rings. The number of morpholine rings is 1. The van der Waals surface area contributed by atoms with Crippen molar-refractivity contribution in [3.05, 3.63) is 69.8 Å². The Morgan fingerprint density at radius 3 is 2.71 bits per heavy atom. The van der Waals surface area contributed by atoms with Gasteiger partial charge < -0.3 is 15.0 Å². The highest BCUT2D eigenvalue weighted by Crippen LogP contribution is 2.29. The van der Waals surface area contributed by atoms with E-state index in [0.29, 0.717) is 36.8 Å². The number of hydrogen-bond donors (Lipinski definition) is 1. The number of carbonyl (C=O) groups excluding carboxylic acids is 1. The normalized spacial score (nSPS) is 16.3. The number of amides is 1. The summed E-state index contributed by atoms with van der Waals surface area (Å²) >= 11 is 0. The second kappa shape index (κ2) is 9.53. The number of hydrogen-bond acceptors (Lipinski definition) is 6. The molecular formula is C25H27F2N5O3. The zero-order valence-electron chi connectivity index (χ0n) is 20.0. The summed E-state index contributed by atoms with van der Waals surface area (Å²) in [6.07, 6.45) is 1.19. The number of anilines is 2.